The molecule has 16 heavy (non-hydrogen) atoms. The van der Waals surface area contributed by atoms with E-state index >= 15 is 0 Å². The average Bonchev–Trinajstić information content (AvgIpc) is 2.71. The van der Waals surface area contributed by atoms with Crippen LogP contribution in [0.5, 0.6) is 11.5 Å². The Bertz CT molecular complexity index is 388. The molecule has 0 atom stereocenters. The minimum absolute atomic E-state index is 0.335. The van der Waals surface area contributed by atoms with Crippen LogP contribution < -0.4 is 14.8 Å². The fourth-order valence-electron chi connectivity index (χ4n) is 1.59. The molecule has 1 aromatic rings. The summed E-state index contributed by atoms with van der Waals surface area (Å²) in [6.45, 7) is 8.06. The Balaban J connectivity index is 1.83. The van der Waals surface area contributed by atoms with Gasteiger partial charge in [0.05, 0.1) is 0 Å². The average molecular weight is 219 g/mol. The number of ether oxygens (including phenoxy) is 2. The first-order valence-electron chi connectivity index (χ1n) is 5.49. The largest absolute Gasteiger partial charge is 0.454 e. The molecule has 1 N–H and O–H groups in total. The number of rotatable bonds is 5. The van der Waals surface area contributed by atoms with E-state index in [4.69, 9.17) is 9.47 Å². The molecule has 0 radical (unpaired) electrons. The van der Waals surface area contributed by atoms with Crippen LogP contribution in [0.2, 0.25) is 0 Å². The SMILES string of the molecule is C=C(C)CCNCc1ccc2c(c1)OCO2. The predicted octanol–water partition coefficient (Wildman–Crippen LogP) is 2.47. The smallest absolute Gasteiger partial charge is 0.231 e. The molecule has 0 fully saturated rings. The van der Waals surface area contributed by atoms with Gasteiger partial charge in [-0.25, -0.2) is 0 Å². The molecule has 3 nitrogen and oxygen atoms in total. The van der Waals surface area contributed by atoms with Crippen LogP contribution in [0.4, 0.5) is 0 Å². The van der Waals surface area contributed by atoms with E-state index in [1.807, 2.05) is 19.1 Å². The lowest BCUT2D eigenvalue weighted by atomic mass is 10.2. The van der Waals surface area contributed by atoms with Gasteiger partial charge in [0.1, 0.15) is 0 Å². The molecule has 86 valence electrons. The summed E-state index contributed by atoms with van der Waals surface area (Å²) in [5, 5.41) is 3.37. The molecule has 1 aliphatic heterocycles. The molecule has 2 rings (SSSR count). The molecule has 0 bridgehead atoms. The van der Waals surface area contributed by atoms with E-state index in [0.29, 0.717) is 6.79 Å². The molecule has 1 aliphatic rings. The first-order valence-corrected chi connectivity index (χ1v) is 5.49. The van der Waals surface area contributed by atoms with E-state index in [-0.39, 0.29) is 0 Å². The van der Waals surface area contributed by atoms with Crippen molar-refractivity contribution in [2.24, 2.45) is 0 Å². The molecular formula is C13H17NO2. The Morgan fingerprint density at radius 2 is 2.19 bits per heavy atom. The monoisotopic (exact) mass is 219 g/mol. The van der Waals surface area contributed by atoms with E-state index in [0.717, 1.165) is 31.0 Å². The van der Waals surface area contributed by atoms with Gasteiger partial charge in [0.2, 0.25) is 6.79 Å². The van der Waals surface area contributed by atoms with Crippen molar-refractivity contribution in [2.45, 2.75) is 19.9 Å². The Morgan fingerprint density at radius 3 is 3.00 bits per heavy atom. The van der Waals surface area contributed by atoms with E-state index < -0.39 is 0 Å². The zero-order chi connectivity index (χ0) is 11.4. The molecule has 0 aliphatic carbocycles. The van der Waals surface area contributed by atoms with Crippen LogP contribution in [0.15, 0.2) is 30.4 Å². The van der Waals surface area contributed by atoms with Crippen LogP contribution in [-0.4, -0.2) is 13.3 Å². The molecule has 1 aromatic carbocycles. The Kier molecular flexibility index (Phi) is 3.47. The van der Waals surface area contributed by atoms with Gasteiger partial charge in [-0.3, -0.25) is 0 Å². The summed E-state index contributed by atoms with van der Waals surface area (Å²) in [6, 6.07) is 6.04. The van der Waals surface area contributed by atoms with Gasteiger partial charge in [-0.15, -0.1) is 6.58 Å². The standard InChI is InChI=1S/C13H17NO2/c1-10(2)5-6-14-8-11-3-4-12-13(7-11)16-9-15-12/h3-4,7,14H,1,5-6,8-9H2,2H3. The maximum atomic E-state index is 5.32. The van der Waals surface area contributed by atoms with Crippen LogP contribution >= 0.6 is 0 Å². The third kappa shape index (κ3) is 2.76. The highest BCUT2D eigenvalue weighted by Gasteiger charge is 2.12. The van der Waals surface area contributed by atoms with Crippen LogP contribution in [0.1, 0.15) is 18.9 Å². The van der Waals surface area contributed by atoms with Gasteiger partial charge in [0.25, 0.3) is 0 Å². The van der Waals surface area contributed by atoms with Gasteiger partial charge in [-0.1, -0.05) is 11.6 Å². The highest BCUT2D eigenvalue weighted by Crippen LogP contribution is 2.32. The van der Waals surface area contributed by atoms with E-state index in [9.17, 15) is 0 Å². The molecule has 0 saturated carbocycles. The number of fused-ring (bicyclic) bond motifs is 1. The third-order valence-electron chi connectivity index (χ3n) is 2.49. The molecule has 1 heterocycles. The first kappa shape index (κ1) is 11.0. The van der Waals surface area contributed by atoms with E-state index in [2.05, 4.69) is 18.0 Å². The summed E-state index contributed by atoms with van der Waals surface area (Å²) < 4.78 is 10.6. The van der Waals surface area contributed by atoms with Crippen LogP contribution in [-0.2, 0) is 6.54 Å². The summed E-state index contributed by atoms with van der Waals surface area (Å²) in [5.74, 6) is 1.69. The summed E-state index contributed by atoms with van der Waals surface area (Å²) in [6.07, 6.45) is 1.02. The number of benzene rings is 1. The van der Waals surface area contributed by atoms with Gasteiger partial charge in [0.15, 0.2) is 11.5 Å². The van der Waals surface area contributed by atoms with Crippen molar-refractivity contribution in [3.05, 3.63) is 35.9 Å². The molecule has 0 unspecified atom stereocenters. The predicted molar refractivity (Wildman–Crippen MR) is 63.7 cm³/mol. The van der Waals surface area contributed by atoms with Crippen molar-refractivity contribution in [3.8, 4) is 11.5 Å². The molecule has 3 heteroatoms. The molecule has 0 saturated heterocycles. The zero-order valence-electron chi connectivity index (χ0n) is 9.58. The van der Waals surface area contributed by atoms with Crippen molar-refractivity contribution in [1.29, 1.82) is 0 Å². The van der Waals surface area contributed by atoms with Crippen LogP contribution in [0.3, 0.4) is 0 Å². The Hall–Kier alpha value is -1.48. The summed E-state index contributed by atoms with van der Waals surface area (Å²) in [7, 11) is 0. The second kappa shape index (κ2) is 5.03. The minimum atomic E-state index is 0.335. The molecular weight excluding hydrogens is 202 g/mol. The van der Waals surface area contributed by atoms with Gasteiger partial charge in [-0.05, 0) is 37.6 Å². The molecule has 0 aromatic heterocycles. The zero-order valence-corrected chi connectivity index (χ0v) is 9.58. The van der Waals surface area contributed by atoms with Crippen molar-refractivity contribution in [3.63, 3.8) is 0 Å². The Morgan fingerprint density at radius 1 is 1.38 bits per heavy atom. The summed E-state index contributed by atoms with van der Waals surface area (Å²) in [5.41, 5.74) is 2.42. The Labute approximate surface area is 96.1 Å². The first-order chi connectivity index (χ1) is 7.75. The lowest BCUT2D eigenvalue weighted by Crippen LogP contribution is -2.14. The van der Waals surface area contributed by atoms with Gasteiger partial charge in [-0.2, -0.15) is 0 Å². The van der Waals surface area contributed by atoms with Gasteiger partial charge < -0.3 is 14.8 Å². The second-order valence-corrected chi connectivity index (χ2v) is 4.07. The van der Waals surface area contributed by atoms with E-state index in [1.165, 1.54) is 11.1 Å². The minimum Gasteiger partial charge on any atom is -0.454 e. The molecule has 0 spiro atoms. The maximum Gasteiger partial charge on any atom is 0.231 e. The quantitative estimate of drug-likeness (QED) is 0.609. The molecule has 0 amide bonds. The lowest BCUT2D eigenvalue weighted by molar-refractivity contribution is 0.174. The highest BCUT2D eigenvalue weighted by atomic mass is 16.7. The number of nitrogens with one attached hydrogen (secondary N) is 1. The van der Waals surface area contributed by atoms with E-state index in [1.54, 1.807) is 0 Å². The number of hydrogen-bond acceptors (Lipinski definition) is 3. The van der Waals surface area contributed by atoms with Crippen LogP contribution in [0.25, 0.3) is 0 Å². The van der Waals surface area contributed by atoms with Crippen molar-refractivity contribution in [2.75, 3.05) is 13.3 Å². The topological polar surface area (TPSA) is 30.5 Å². The lowest BCUT2D eigenvalue weighted by Gasteiger charge is -2.05. The third-order valence-corrected chi connectivity index (χ3v) is 2.49. The van der Waals surface area contributed by atoms with Crippen LogP contribution in [0, 0.1) is 0 Å². The van der Waals surface area contributed by atoms with Crippen molar-refractivity contribution in [1.82, 2.24) is 5.32 Å². The highest BCUT2D eigenvalue weighted by molar-refractivity contribution is 5.44. The maximum absolute atomic E-state index is 5.32. The second-order valence-electron chi connectivity index (χ2n) is 4.07. The van der Waals surface area contributed by atoms with Crippen molar-refractivity contribution < 1.29 is 9.47 Å². The normalized spacial score (nSPS) is 12.8. The van der Waals surface area contributed by atoms with Gasteiger partial charge >= 0.3 is 0 Å². The van der Waals surface area contributed by atoms with Crippen molar-refractivity contribution >= 4 is 0 Å². The summed E-state index contributed by atoms with van der Waals surface area (Å²) >= 11 is 0. The van der Waals surface area contributed by atoms with Gasteiger partial charge in [0, 0.05) is 6.54 Å². The summed E-state index contributed by atoms with van der Waals surface area (Å²) in [4.78, 5) is 0. The number of hydrogen-bond donors (Lipinski definition) is 1. The fourth-order valence-corrected chi connectivity index (χ4v) is 1.59. The fraction of sp³-hybridized carbons (Fsp3) is 0.385.